The van der Waals surface area contributed by atoms with Crippen LogP contribution in [0.2, 0.25) is 0 Å². The average molecular weight is 539 g/mol. The Kier molecular flexibility index (Phi) is 9.22. The number of carbonyl (C=O) groups excluding carboxylic acids is 2. The average Bonchev–Trinajstić information content (AvgIpc) is 2.86. The van der Waals surface area contributed by atoms with Crippen molar-refractivity contribution in [3.63, 3.8) is 0 Å². The molecule has 1 unspecified atom stereocenters. The van der Waals surface area contributed by atoms with E-state index in [1.807, 2.05) is 0 Å². The van der Waals surface area contributed by atoms with Gasteiger partial charge in [0.1, 0.15) is 5.82 Å². The van der Waals surface area contributed by atoms with Gasteiger partial charge < -0.3 is 25.5 Å². The Bertz CT molecular complexity index is 1150. The van der Waals surface area contributed by atoms with E-state index in [-0.39, 0.29) is 29.4 Å². The summed E-state index contributed by atoms with van der Waals surface area (Å²) in [5, 5.41) is 16.4. The molecule has 200 valence electrons. The molecule has 7 nitrogen and oxygen atoms in total. The number of carbonyl (C=O) groups is 2. The lowest BCUT2D eigenvalue weighted by Crippen LogP contribution is -2.46. The highest BCUT2D eigenvalue weighted by Gasteiger charge is 2.34. The molecular weight excluding hydrogens is 509 g/mol. The molecular formula is C26H30ClF3N4O3. The van der Waals surface area contributed by atoms with Crippen LogP contribution in [0.25, 0.3) is 0 Å². The second-order valence-electron chi connectivity index (χ2n) is 9.24. The van der Waals surface area contributed by atoms with Crippen molar-refractivity contribution in [1.29, 1.82) is 0 Å². The number of aliphatic hydroxyl groups is 1. The minimum Gasteiger partial charge on any atom is -0.385 e. The predicted molar refractivity (Wildman–Crippen MR) is 134 cm³/mol. The fourth-order valence-corrected chi connectivity index (χ4v) is 4.59. The van der Waals surface area contributed by atoms with Gasteiger partial charge in [-0.15, -0.1) is 12.4 Å². The molecule has 37 heavy (non-hydrogen) atoms. The van der Waals surface area contributed by atoms with Gasteiger partial charge in [-0.2, -0.15) is 0 Å². The Balaban J connectivity index is 0.00000380. The van der Waals surface area contributed by atoms with Crippen molar-refractivity contribution >= 4 is 24.3 Å². The zero-order chi connectivity index (χ0) is 25.9. The number of hydrogen-bond acceptors (Lipinski definition) is 4. The predicted octanol–water partition coefficient (Wildman–Crippen LogP) is 3.60. The molecule has 4 rings (SSSR count). The summed E-state index contributed by atoms with van der Waals surface area (Å²) in [6, 6.07) is 7.83. The Labute approximate surface area is 219 Å². The third-order valence-corrected chi connectivity index (χ3v) is 6.77. The van der Waals surface area contributed by atoms with Crippen molar-refractivity contribution in [2.24, 2.45) is 0 Å². The summed E-state index contributed by atoms with van der Waals surface area (Å²) < 4.78 is 40.3. The first-order valence-corrected chi connectivity index (χ1v) is 11.9. The van der Waals surface area contributed by atoms with Crippen molar-refractivity contribution in [1.82, 2.24) is 20.4 Å². The highest BCUT2D eigenvalue weighted by molar-refractivity contribution is 5.97. The second kappa shape index (κ2) is 12.0. The van der Waals surface area contributed by atoms with E-state index in [0.717, 1.165) is 12.1 Å². The number of likely N-dealkylation sites (tertiary alicyclic amines) is 1. The molecule has 0 bridgehead atoms. The van der Waals surface area contributed by atoms with Crippen LogP contribution in [-0.2, 0) is 10.4 Å². The minimum atomic E-state index is -1.06. The van der Waals surface area contributed by atoms with Gasteiger partial charge in [-0.25, -0.2) is 18.0 Å². The summed E-state index contributed by atoms with van der Waals surface area (Å²) in [4.78, 5) is 28.4. The van der Waals surface area contributed by atoms with Gasteiger partial charge in [-0.3, -0.25) is 4.79 Å². The standard InChI is InChI=1S/C26H29F3N4O3.ClH/c1-32-16-20(23(31-25(32)35)17-3-8-21(28)22(29)15-17)24(34)30-11-2-12-33-13-9-26(36,10-14-33)18-4-6-19(27)7-5-18;/h3-8,15-16,23,36H,2,9-14H2,1H3,(H,30,34)(H,31,35);1H. The Morgan fingerprint density at radius 2 is 1.78 bits per heavy atom. The van der Waals surface area contributed by atoms with Gasteiger partial charge in [0.2, 0.25) is 0 Å². The lowest BCUT2D eigenvalue weighted by Gasteiger charge is -2.38. The molecule has 0 saturated carbocycles. The summed E-state index contributed by atoms with van der Waals surface area (Å²) in [5.41, 5.74) is 0.213. The molecule has 3 N–H and O–H groups in total. The zero-order valence-corrected chi connectivity index (χ0v) is 21.2. The second-order valence-corrected chi connectivity index (χ2v) is 9.24. The van der Waals surface area contributed by atoms with Gasteiger partial charge in [0.15, 0.2) is 11.6 Å². The molecule has 0 spiro atoms. The fraction of sp³-hybridized carbons (Fsp3) is 0.385. The van der Waals surface area contributed by atoms with E-state index in [1.54, 1.807) is 12.1 Å². The van der Waals surface area contributed by atoms with E-state index in [1.165, 1.54) is 36.3 Å². The van der Waals surface area contributed by atoms with Crippen molar-refractivity contribution < 1.29 is 27.9 Å². The maximum absolute atomic E-state index is 13.8. The molecule has 0 aliphatic carbocycles. The van der Waals surface area contributed by atoms with E-state index in [4.69, 9.17) is 0 Å². The van der Waals surface area contributed by atoms with Crippen LogP contribution >= 0.6 is 12.4 Å². The van der Waals surface area contributed by atoms with Crippen molar-refractivity contribution in [2.75, 3.05) is 33.2 Å². The van der Waals surface area contributed by atoms with Crippen molar-refractivity contribution in [2.45, 2.75) is 30.9 Å². The van der Waals surface area contributed by atoms with Crippen LogP contribution in [0, 0.1) is 17.5 Å². The topological polar surface area (TPSA) is 84.9 Å². The Morgan fingerprint density at radius 3 is 2.43 bits per heavy atom. The summed E-state index contributed by atoms with van der Waals surface area (Å²) >= 11 is 0. The smallest absolute Gasteiger partial charge is 0.321 e. The third kappa shape index (κ3) is 6.63. The van der Waals surface area contributed by atoms with Gasteiger partial charge in [-0.05, 0) is 61.2 Å². The summed E-state index contributed by atoms with van der Waals surface area (Å²) in [7, 11) is 1.49. The van der Waals surface area contributed by atoms with Crippen molar-refractivity contribution in [3.8, 4) is 0 Å². The first kappa shape index (κ1) is 28.5. The van der Waals surface area contributed by atoms with E-state index >= 15 is 0 Å². The summed E-state index contributed by atoms with van der Waals surface area (Å²) in [5.74, 6) is -2.83. The molecule has 1 fully saturated rings. The molecule has 11 heteroatoms. The van der Waals surface area contributed by atoms with Crippen molar-refractivity contribution in [3.05, 3.63) is 82.8 Å². The maximum Gasteiger partial charge on any atom is 0.321 e. The quantitative estimate of drug-likeness (QED) is 0.470. The first-order valence-electron chi connectivity index (χ1n) is 11.9. The highest BCUT2D eigenvalue weighted by atomic mass is 35.5. The summed E-state index contributed by atoms with van der Waals surface area (Å²) in [6.45, 7) is 2.42. The van der Waals surface area contributed by atoms with Crippen LogP contribution in [0.15, 0.2) is 54.2 Å². The fourth-order valence-electron chi connectivity index (χ4n) is 4.59. The molecule has 0 radical (unpaired) electrons. The lowest BCUT2D eigenvalue weighted by molar-refractivity contribution is -0.118. The van der Waals surface area contributed by atoms with Gasteiger partial charge in [0.05, 0.1) is 17.2 Å². The number of rotatable bonds is 7. The number of hydrogen-bond donors (Lipinski definition) is 3. The van der Waals surface area contributed by atoms with Crippen LogP contribution in [-0.4, -0.2) is 60.1 Å². The third-order valence-electron chi connectivity index (χ3n) is 6.77. The highest BCUT2D eigenvalue weighted by Crippen LogP contribution is 2.33. The Morgan fingerprint density at radius 1 is 1.11 bits per heavy atom. The SMILES string of the molecule is CN1C=C(C(=O)NCCCN2CCC(O)(c3ccc(F)cc3)CC2)C(c2ccc(F)c(F)c2)NC1=O.Cl. The molecule has 2 aliphatic rings. The molecule has 2 aromatic carbocycles. The molecule has 1 saturated heterocycles. The normalized spacial score (nSPS) is 19.5. The first-order chi connectivity index (χ1) is 17.2. The molecule has 2 heterocycles. The van der Waals surface area contributed by atoms with Gasteiger partial charge in [-0.1, -0.05) is 18.2 Å². The molecule has 3 amide bonds. The van der Waals surface area contributed by atoms with Crippen LogP contribution in [0.3, 0.4) is 0 Å². The monoisotopic (exact) mass is 538 g/mol. The largest absolute Gasteiger partial charge is 0.385 e. The number of halogens is 4. The van der Waals surface area contributed by atoms with E-state index in [2.05, 4.69) is 15.5 Å². The lowest BCUT2D eigenvalue weighted by atomic mass is 9.84. The number of piperidine rings is 1. The maximum atomic E-state index is 13.8. The number of benzene rings is 2. The van der Waals surface area contributed by atoms with Gasteiger partial charge in [0, 0.05) is 32.9 Å². The van der Waals surface area contributed by atoms with Crippen LogP contribution in [0.4, 0.5) is 18.0 Å². The summed E-state index contributed by atoms with van der Waals surface area (Å²) in [6.07, 6.45) is 3.10. The Hall–Kier alpha value is -3.08. The molecule has 0 aromatic heterocycles. The molecule has 2 aliphatic heterocycles. The van der Waals surface area contributed by atoms with Crippen LogP contribution < -0.4 is 10.6 Å². The molecule has 2 aromatic rings. The number of nitrogens with one attached hydrogen (secondary N) is 2. The minimum absolute atomic E-state index is 0. The van der Waals surface area contributed by atoms with Crippen LogP contribution in [0.5, 0.6) is 0 Å². The molecule has 1 atom stereocenters. The number of amides is 3. The number of nitrogens with zero attached hydrogens (tertiary/aromatic N) is 2. The van der Waals surface area contributed by atoms with Gasteiger partial charge in [0.25, 0.3) is 5.91 Å². The van der Waals surface area contributed by atoms with E-state index < -0.39 is 35.2 Å². The van der Waals surface area contributed by atoms with E-state index in [9.17, 15) is 27.9 Å². The zero-order valence-electron chi connectivity index (χ0n) is 20.3. The van der Waals surface area contributed by atoms with E-state index in [0.29, 0.717) is 51.0 Å². The van der Waals surface area contributed by atoms with Gasteiger partial charge >= 0.3 is 6.03 Å². The number of urea groups is 1. The van der Waals surface area contributed by atoms with Crippen LogP contribution in [0.1, 0.15) is 36.4 Å².